The molecule has 1 amide bonds. The second kappa shape index (κ2) is 5.94. The van der Waals surface area contributed by atoms with Crippen LogP contribution in [0.4, 0.5) is 5.95 Å². The van der Waals surface area contributed by atoms with Crippen molar-refractivity contribution in [3.8, 4) is 11.4 Å². The maximum atomic E-state index is 12.0. The van der Waals surface area contributed by atoms with Gasteiger partial charge in [-0.1, -0.05) is 41.7 Å². The molecule has 2 heterocycles. The lowest BCUT2D eigenvalue weighted by molar-refractivity contribution is -0.116. The van der Waals surface area contributed by atoms with Crippen LogP contribution in [-0.4, -0.2) is 25.7 Å². The Morgan fingerprint density at radius 1 is 1.36 bits per heavy atom. The second-order valence-corrected chi connectivity index (χ2v) is 5.47. The van der Waals surface area contributed by atoms with Crippen molar-refractivity contribution in [2.75, 3.05) is 5.32 Å². The zero-order chi connectivity index (χ0) is 15.5. The van der Waals surface area contributed by atoms with Crippen LogP contribution < -0.4 is 10.2 Å². The van der Waals surface area contributed by atoms with Gasteiger partial charge in [-0.25, -0.2) is 0 Å². The number of hydrogen-bond donors (Lipinski definition) is 2. The SMILES string of the molecule is Cc1csc(=O)n1CC(=O)Nc1n[nH]c(-c2ccccc2)n1. The minimum Gasteiger partial charge on any atom is -0.294 e. The van der Waals surface area contributed by atoms with Gasteiger partial charge in [-0.3, -0.25) is 24.6 Å². The van der Waals surface area contributed by atoms with Crippen LogP contribution in [0.2, 0.25) is 0 Å². The number of carbonyl (C=O) groups excluding carboxylic acids is 1. The van der Waals surface area contributed by atoms with Gasteiger partial charge in [0, 0.05) is 16.6 Å². The second-order valence-electron chi connectivity index (χ2n) is 4.65. The number of benzene rings is 1. The summed E-state index contributed by atoms with van der Waals surface area (Å²) in [6.45, 7) is 1.73. The van der Waals surface area contributed by atoms with Gasteiger partial charge in [0.2, 0.25) is 11.9 Å². The van der Waals surface area contributed by atoms with Crippen LogP contribution in [-0.2, 0) is 11.3 Å². The van der Waals surface area contributed by atoms with Crippen molar-refractivity contribution in [2.45, 2.75) is 13.5 Å². The lowest BCUT2D eigenvalue weighted by Gasteiger charge is -2.03. The highest BCUT2D eigenvalue weighted by Crippen LogP contribution is 2.14. The molecule has 0 aliphatic rings. The fourth-order valence-electron chi connectivity index (χ4n) is 1.95. The minimum absolute atomic E-state index is 0.0522. The van der Waals surface area contributed by atoms with Gasteiger partial charge in [0.1, 0.15) is 6.54 Å². The minimum atomic E-state index is -0.345. The first-order chi connectivity index (χ1) is 10.6. The van der Waals surface area contributed by atoms with Crippen molar-refractivity contribution in [3.63, 3.8) is 0 Å². The van der Waals surface area contributed by atoms with Gasteiger partial charge in [-0.05, 0) is 6.92 Å². The van der Waals surface area contributed by atoms with Crippen LogP contribution >= 0.6 is 11.3 Å². The third kappa shape index (κ3) is 2.96. The zero-order valence-corrected chi connectivity index (χ0v) is 12.6. The summed E-state index contributed by atoms with van der Waals surface area (Å²) in [5.74, 6) is 0.409. The monoisotopic (exact) mass is 315 g/mol. The predicted octanol–water partition coefficient (Wildman–Crippen LogP) is 1.64. The normalized spacial score (nSPS) is 10.6. The Balaban J connectivity index is 1.70. The number of aromatic amines is 1. The fourth-order valence-corrected chi connectivity index (χ4v) is 2.68. The highest BCUT2D eigenvalue weighted by atomic mass is 32.1. The molecule has 3 rings (SSSR count). The van der Waals surface area contributed by atoms with Crippen LogP contribution in [0, 0.1) is 6.92 Å². The Hall–Kier alpha value is -2.74. The molecule has 2 aromatic heterocycles. The first-order valence-corrected chi connectivity index (χ1v) is 7.44. The molecule has 8 heteroatoms. The predicted molar refractivity (Wildman–Crippen MR) is 83.8 cm³/mol. The molecule has 0 radical (unpaired) electrons. The van der Waals surface area contributed by atoms with Gasteiger partial charge in [-0.2, -0.15) is 4.98 Å². The topological polar surface area (TPSA) is 92.7 Å². The molecule has 0 unspecified atom stereocenters. The van der Waals surface area contributed by atoms with Gasteiger partial charge in [0.15, 0.2) is 5.82 Å². The van der Waals surface area contributed by atoms with Gasteiger partial charge in [0.05, 0.1) is 0 Å². The maximum Gasteiger partial charge on any atom is 0.307 e. The van der Waals surface area contributed by atoms with Crippen LogP contribution in [0.5, 0.6) is 0 Å². The molecular formula is C14H13N5O2S. The van der Waals surface area contributed by atoms with Gasteiger partial charge >= 0.3 is 4.87 Å². The van der Waals surface area contributed by atoms with Crippen molar-refractivity contribution in [2.24, 2.45) is 0 Å². The van der Waals surface area contributed by atoms with E-state index < -0.39 is 0 Å². The first kappa shape index (κ1) is 14.2. The fraction of sp³-hybridized carbons (Fsp3) is 0.143. The first-order valence-electron chi connectivity index (χ1n) is 6.56. The average Bonchev–Trinajstić information content (AvgIpc) is 3.10. The molecule has 0 fully saturated rings. The van der Waals surface area contributed by atoms with E-state index in [1.54, 1.807) is 12.3 Å². The van der Waals surface area contributed by atoms with E-state index in [1.807, 2.05) is 30.3 Å². The lowest BCUT2D eigenvalue weighted by atomic mass is 10.2. The molecular weight excluding hydrogens is 302 g/mol. The molecule has 7 nitrogen and oxygen atoms in total. The standard InChI is InChI=1S/C14H13N5O2S/c1-9-8-22-14(21)19(9)7-11(20)15-13-16-12(17-18-13)10-5-3-2-4-6-10/h2-6,8H,7H2,1H3,(H2,15,16,17,18,20). The average molecular weight is 315 g/mol. The van der Waals surface area contributed by atoms with E-state index in [1.165, 1.54) is 4.57 Å². The van der Waals surface area contributed by atoms with E-state index in [-0.39, 0.29) is 23.3 Å². The molecule has 112 valence electrons. The number of anilines is 1. The van der Waals surface area contributed by atoms with Gasteiger partial charge in [0.25, 0.3) is 0 Å². The summed E-state index contributed by atoms with van der Waals surface area (Å²) >= 11 is 1.07. The summed E-state index contributed by atoms with van der Waals surface area (Å²) in [6.07, 6.45) is 0. The number of amides is 1. The van der Waals surface area contributed by atoms with E-state index >= 15 is 0 Å². The van der Waals surface area contributed by atoms with E-state index in [0.29, 0.717) is 5.82 Å². The third-order valence-electron chi connectivity index (χ3n) is 3.06. The number of hydrogen-bond acceptors (Lipinski definition) is 5. The van der Waals surface area contributed by atoms with Crippen LogP contribution in [0.25, 0.3) is 11.4 Å². The summed E-state index contributed by atoms with van der Waals surface area (Å²) in [6, 6.07) is 9.47. The Bertz CT molecular complexity index is 850. The molecule has 2 N–H and O–H groups in total. The number of rotatable bonds is 4. The molecule has 1 aromatic carbocycles. The van der Waals surface area contributed by atoms with Crippen LogP contribution in [0.3, 0.4) is 0 Å². The molecule has 22 heavy (non-hydrogen) atoms. The molecule has 0 saturated carbocycles. The van der Waals surface area contributed by atoms with Crippen molar-refractivity contribution in [3.05, 3.63) is 51.1 Å². The Kier molecular flexibility index (Phi) is 3.84. The Labute approximate surface area is 129 Å². The number of carbonyl (C=O) groups is 1. The van der Waals surface area contributed by atoms with Crippen molar-refractivity contribution in [1.29, 1.82) is 0 Å². The van der Waals surface area contributed by atoms with Crippen LogP contribution in [0.15, 0.2) is 40.5 Å². The zero-order valence-electron chi connectivity index (χ0n) is 11.7. The largest absolute Gasteiger partial charge is 0.307 e. The number of nitrogens with zero attached hydrogens (tertiary/aromatic N) is 3. The van der Waals surface area contributed by atoms with Gasteiger partial charge < -0.3 is 0 Å². The van der Waals surface area contributed by atoms with Crippen LogP contribution in [0.1, 0.15) is 5.69 Å². The third-order valence-corrected chi connectivity index (χ3v) is 3.94. The molecule has 0 spiro atoms. The Morgan fingerprint density at radius 2 is 2.14 bits per heavy atom. The summed E-state index contributed by atoms with van der Waals surface area (Å²) in [7, 11) is 0. The van der Waals surface area contributed by atoms with Crippen molar-refractivity contribution in [1.82, 2.24) is 19.7 Å². The lowest BCUT2D eigenvalue weighted by Crippen LogP contribution is -2.25. The summed E-state index contributed by atoms with van der Waals surface area (Å²) in [5, 5.41) is 11.0. The highest BCUT2D eigenvalue weighted by Gasteiger charge is 2.11. The number of aromatic nitrogens is 4. The Morgan fingerprint density at radius 3 is 2.82 bits per heavy atom. The molecule has 0 saturated heterocycles. The molecule has 0 aliphatic carbocycles. The maximum absolute atomic E-state index is 12.0. The molecule has 0 atom stereocenters. The number of thiazole rings is 1. The van der Waals surface area contributed by atoms with Gasteiger partial charge in [-0.15, -0.1) is 5.10 Å². The quantitative estimate of drug-likeness (QED) is 0.765. The smallest absolute Gasteiger partial charge is 0.294 e. The molecule has 0 aliphatic heterocycles. The number of H-pyrrole nitrogens is 1. The van der Waals surface area contributed by atoms with E-state index in [2.05, 4.69) is 20.5 Å². The van der Waals surface area contributed by atoms with Crippen molar-refractivity contribution >= 4 is 23.2 Å². The highest BCUT2D eigenvalue weighted by molar-refractivity contribution is 7.07. The molecule has 0 bridgehead atoms. The van der Waals surface area contributed by atoms with E-state index in [9.17, 15) is 9.59 Å². The summed E-state index contributed by atoms with van der Waals surface area (Å²) in [5.41, 5.74) is 1.63. The summed E-state index contributed by atoms with van der Waals surface area (Å²) < 4.78 is 1.41. The number of nitrogens with one attached hydrogen (secondary N) is 2. The van der Waals surface area contributed by atoms with E-state index in [4.69, 9.17) is 0 Å². The van der Waals surface area contributed by atoms with Crippen molar-refractivity contribution < 1.29 is 4.79 Å². The van der Waals surface area contributed by atoms with E-state index in [0.717, 1.165) is 22.6 Å². The molecule has 3 aromatic rings. The summed E-state index contributed by atoms with van der Waals surface area (Å²) in [4.78, 5) is 27.6. The number of aryl methyl sites for hydroxylation is 1.